The predicted molar refractivity (Wildman–Crippen MR) is 261 cm³/mol. The molecule has 0 aliphatic carbocycles. The van der Waals surface area contributed by atoms with Crippen LogP contribution in [0.3, 0.4) is 0 Å². The third kappa shape index (κ3) is 47.7. The van der Waals surface area contributed by atoms with Crippen LogP contribution in [0.25, 0.3) is 0 Å². The summed E-state index contributed by atoms with van der Waals surface area (Å²) in [5.41, 5.74) is 0. The predicted octanol–water partition coefficient (Wildman–Crippen LogP) is 16.6. The first-order chi connectivity index (χ1) is 30.0. The van der Waals surface area contributed by atoms with E-state index in [1.807, 2.05) is 0 Å². The highest BCUT2D eigenvalue weighted by Gasteiger charge is 2.19. The molecule has 1 unspecified atom stereocenters. The van der Waals surface area contributed by atoms with Crippen LogP contribution in [-0.4, -0.2) is 37.2 Å². The summed E-state index contributed by atoms with van der Waals surface area (Å²) in [7, 11) is 0. The second kappa shape index (κ2) is 49.5. The molecule has 0 bridgehead atoms. The topological polar surface area (TPSA) is 78.9 Å². The van der Waals surface area contributed by atoms with Crippen molar-refractivity contribution >= 4 is 17.9 Å². The van der Waals surface area contributed by atoms with E-state index in [1.54, 1.807) is 0 Å². The van der Waals surface area contributed by atoms with Crippen LogP contribution in [0.15, 0.2) is 72.9 Å². The van der Waals surface area contributed by atoms with Crippen LogP contribution in [0.4, 0.5) is 0 Å². The van der Waals surface area contributed by atoms with Crippen LogP contribution >= 0.6 is 0 Å². The first kappa shape index (κ1) is 57.9. The van der Waals surface area contributed by atoms with Gasteiger partial charge in [0.1, 0.15) is 13.2 Å². The molecule has 0 aliphatic rings. The number of carbonyl (C=O) groups is 3. The van der Waals surface area contributed by atoms with Crippen molar-refractivity contribution in [1.82, 2.24) is 0 Å². The first-order valence-corrected chi connectivity index (χ1v) is 25.4. The molecule has 0 aromatic carbocycles. The second-order valence-corrected chi connectivity index (χ2v) is 16.7. The van der Waals surface area contributed by atoms with Crippen molar-refractivity contribution in [2.24, 2.45) is 0 Å². The van der Waals surface area contributed by atoms with Gasteiger partial charge in [-0.3, -0.25) is 14.4 Å². The normalized spacial score (nSPS) is 12.6. The maximum Gasteiger partial charge on any atom is 0.306 e. The second-order valence-electron chi connectivity index (χ2n) is 16.7. The van der Waals surface area contributed by atoms with Gasteiger partial charge in [-0.1, -0.05) is 190 Å². The number of hydrogen-bond acceptors (Lipinski definition) is 6. The minimum Gasteiger partial charge on any atom is -0.462 e. The lowest BCUT2D eigenvalue weighted by Crippen LogP contribution is -2.30. The molecule has 350 valence electrons. The van der Waals surface area contributed by atoms with E-state index in [1.165, 1.54) is 89.9 Å². The van der Waals surface area contributed by atoms with Gasteiger partial charge in [-0.05, 0) is 103 Å². The molecule has 0 fully saturated rings. The van der Waals surface area contributed by atoms with Gasteiger partial charge >= 0.3 is 17.9 Å². The molecule has 0 aromatic rings. The van der Waals surface area contributed by atoms with Gasteiger partial charge < -0.3 is 14.2 Å². The van der Waals surface area contributed by atoms with Gasteiger partial charge in [0, 0.05) is 19.3 Å². The Morgan fingerprint density at radius 1 is 0.344 bits per heavy atom. The molecule has 0 saturated carbocycles. The highest BCUT2D eigenvalue weighted by atomic mass is 16.6. The lowest BCUT2D eigenvalue weighted by molar-refractivity contribution is -0.167. The average molecular weight is 851 g/mol. The fraction of sp³-hybridized carbons (Fsp3) is 0.727. The largest absolute Gasteiger partial charge is 0.462 e. The number of rotatable bonds is 45. The number of ether oxygens (including phenoxy) is 3. The van der Waals surface area contributed by atoms with Crippen molar-refractivity contribution < 1.29 is 28.6 Å². The Labute approximate surface area is 376 Å². The van der Waals surface area contributed by atoms with Crippen molar-refractivity contribution in [3.63, 3.8) is 0 Å². The Balaban J connectivity index is 4.44. The Morgan fingerprint density at radius 2 is 0.656 bits per heavy atom. The molecule has 0 radical (unpaired) electrons. The molecular formula is C55H94O6. The van der Waals surface area contributed by atoms with Gasteiger partial charge in [0.2, 0.25) is 0 Å². The van der Waals surface area contributed by atoms with Crippen LogP contribution in [-0.2, 0) is 28.6 Å². The summed E-state index contributed by atoms with van der Waals surface area (Å²) in [6.45, 7) is 6.44. The zero-order chi connectivity index (χ0) is 44.4. The van der Waals surface area contributed by atoms with Crippen LogP contribution in [0.2, 0.25) is 0 Å². The van der Waals surface area contributed by atoms with Gasteiger partial charge in [0.25, 0.3) is 0 Å². The summed E-state index contributed by atoms with van der Waals surface area (Å²) in [5.74, 6) is -0.943. The van der Waals surface area contributed by atoms with Crippen LogP contribution in [0, 0.1) is 0 Å². The summed E-state index contributed by atoms with van der Waals surface area (Å²) in [4.78, 5) is 37.9. The summed E-state index contributed by atoms with van der Waals surface area (Å²) >= 11 is 0. The Morgan fingerprint density at radius 3 is 1.08 bits per heavy atom. The SMILES string of the molecule is CC/C=C\C/C=C\C/C=C\C/C=C\CCCCCC(=O)OCC(COC(=O)CCCCCCC/C=C\CCCC)OC(=O)CCCCCCC/C=C\CCCCCCCCC. The fourth-order valence-corrected chi connectivity index (χ4v) is 6.82. The molecule has 61 heavy (non-hydrogen) atoms. The molecule has 0 saturated heterocycles. The van der Waals surface area contributed by atoms with Crippen molar-refractivity contribution in [3.8, 4) is 0 Å². The summed E-state index contributed by atoms with van der Waals surface area (Å²) in [6.07, 6.45) is 61.7. The molecule has 6 nitrogen and oxygen atoms in total. The molecule has 0 heterocycles. The fourth-order valence-electron chi connectivity index (χ4n) is 6.82. The van der Waals surface area contributed by atoms with Crippen LogP contribution in [0.1, 0.15) is 239 Å². The third-order valence-corrected chi connectivity index (χ3v) is 10.7. The highest BCUT2D eigenvalue weighted by Crippen LogP contribution is 2.13. The van der Waals surface area contributed by atoms with E-state index in [9.17, 15) is 14.4 Å². The van der Waals surface area contributed by atoms with Crippen molar-refractivity contribution in [2.45, 2.75) is 245 Å². The van der Waals surface area contributed by atoms with Gasteiger partial charge in [-0.2, -0.15) is 0 Å². The summed E-state index contributed by atoms with van der Waals surface area (Å²) < 4.78 is 16.7. The van der Waals surface area contributed by atoms with E-state index < -0.39 is 6.10 Å². The quantitative estimate of drug-likeness (QED) is 0.0263. The third-order valence-electron chi connectivity index (χ3n) is 10.7. The number of unbranched alkanes of at least 4 members (excludes halogenated alkanes) is 22. The van der Waals surface area contributed by atoms with Crippen molar-refractivity contribution in [1.29, 1.82) is 0 Å². The van der Waals surface area contributed by atoms with Gasteiger partial charge in [0.15, 0.2) is 6.10 Å². The number of carbonyl (C=O) groups excluding carboxylic acids is 3. The summed E-state index contributed by atoms with van der Waals surface area (Å²) in [5, 5.41) is 0. The van der Waals surface area contributed by atoms with E-state index in [0.717, 1.165) is 109 Å². The monoisotopic (exact) mass is 851 g/mol. The number of esters is 3. The van der Waals surface area contributed by atoms with Crippen molar-refractivity contribution in [3.05, 3.63) is 72.9 Å². The molecule has 6 heteroatoms. The Hall–Kier alpha value is -3.15. The standard InChI is InChI=1S/C55H94O6/c1-4-7-10-13-16-19-22-24-26-28-30-33-36-39-42-45-48-54(57)60-51-52(50-59-53(56)47-44-41-38-35-32-21-18-15-12-9-6-3)61-55(58)49-46-43-40-37-34-31-29-27-25-23-20-17-14-11-8-5-2/h7,10,15-16,18-19,24,26-27,29-30,33,52H,4-6,8-9,11-14,17,20-23,25,28,31-32,34-51H2,1-3H3/b10-7-,18-15-,19-16-,26-24-,29-27-,33-30-. The van der Waals surface area contributed by atoms with Crippen LogP contribution < -0.4 is 0 Å². The first-order valence-electron chi connectivity index (χ1n) is 25.4. The molecule has 0 rings (SSSR count). The van der Waals surface area contributed by atoms with Gasteiger partial charge in [0.05, 0.1) is 0 Å². The van der Waals surface area contributed by atoms with E-state index >= 15 is 0 Å². The number of allylic oxidation sites excluding steroid dienone is 12. The lowest BCUT2D eigenvalue weighted by atomic mass is 10.1. The number of hydrogen-bond donors (Lipinski definition) is 0. The zero-order valence-electron chi connectivity index (χ0n) is 39.9. The maximum absolute atomic E-state index is 12.8. The van der Waals surface area contributed by atoms with Crippen LogP contribution in [0.5, 0.6) is 0 Å². The zero-order valence-corrected chi connectivity index (χ0v) is 39.9. The minimum atomic E-state index is -0.795. The molecule has 0 amide bonds. The van der Waals surface area contributed by atoms with E-state index in [-0.39, 0.29) is 31.1 Å². The lowest BCUT2D eigenvalue weighted by Gasteiger charge is -2.18. The molecule has 0 N–H and O–H groups in total. The molecule has 1 atom stereocenters. The Kier molecular flexibility index (Phi) is 46.9. The van der Waals surface area contributed by atoms with Crippen molar-refractivity contribution in [2.75, 3.05) is 13.2 Å². The smallest absolute Gasteiger partial charge is 0.306 e. The maximum atomic E-state index is 12.8. The van der Waals surface area contributed by atoms with Gasteiger partial charge in [-0.25, -0.2) is 0 Å². The minimum absolute atomic E-state index is 0.0937. The molecular weight excluding hydrogens is 757 g/mol. The Bertz CT molecular complexity index is 1160. The van der Waals surface area contributed by atoms with Gasteiger partial charge in [-0.15, -0.1) is 0 Å². The average Bonchev–Trinajstić information content (AvgIpc) is 3.26. The molecule has 0 aromatic heterocycles. The van der Waals surface area contributed by atoms with E-state index in [2.05, 4.69) is 93.7 Å². The van der Waals surface area contributed by atoms with E-state index in [0.29, 0.717) is 19.3 Å². The van der Waals surface area contributed by atoms with E-state index in [4.69, 9.17) is 14.2 Å². The molecule has 0 aliphatic heterocycles. The molecule has 0 spiro atoms. The highest BCUT2D eigenvalue weighted by molar-refractivity contribution is 5.71. The summed E-state index contributed by atoms with van der Waals surface area (Å²) in [6, 6.07) is 0.